The van der Waals surface area contributed by atoms with Crippen molar-refractivity contribution in [3.8, 4) is 10.6 Å². The van der Waals surface area contributed by atoms with Crippen molar-refractivity contribution in [1.29, 1.82) is 0 Å². The minimum absolute atomic E-state index is 0.104. The van der Waals surface area contributed by atoms with Crippen molar-refractivity contribution in [3.63, 3.8) is 0 Å². The zero-order chi connectivity index (χ0) is 18.4. The predicted octanol–water partition coefficient (Wildman–Crippen LogP) is 4.49. The number of benzene rings is 1. The molecule has 1 aliphatic rings. The summed E-state index contributed by atoms with van der Waals surface area (Å²) in [5.74, 6) is -0.388. The Labute approximate surface area is 153 Å². The molecule has 1 aliphatic carbocycles. The highest BCUT2D eigenvalue weighted by atomic mass is 32.1. The maximum absolute atomic E-state index is 12.0. The number of rotatable bonds is 5. The topological polar surface area (TPSA) is 87.3 Å². The molecule has 0 amide bonds. The molecule has 0 atom stereocenters. The lowest BCUT2D eigenvalue weighted by Gasteiger charge is -2.02. The summed E-state index contributed by atoms with van der Waals surface area (Å²) in [5.41, 5.74) is 2.33. The van der Waals surface area contributed by atoms with Gasteiger partial charge in [0.1, 0.15) is 9.88 Å². The fourth-order valence-corrected chi connectivity index (χ4v) is 4.03. The van der Waals surface area contributed by atoms with Crippen LogP contribution in [-0.4, -0.2) is 27.1 Å². The molecule has 1 fully saturated rings. The summed E-state index contributed by atoms with van der Waals surface area (Å²) in [6.45, 7) is 3.82. The van der Waals surface area contributed by atoms with Crippen LogP contribution in [0.25, 0.3) is 21.5 Å². The van der Waals surface area contributed by atoms with Crippen LogP contribution in [0, 0.1) is 17.0 Å². The second-order valence-electron chi connectivity index (χ2n) is 6.30. The van der Waals surface area contributed by atoms with Crippen LogP contribution in [-0.2, 0) is 4.74 Å². The van der Waals surface area contributed by atoms with Crippen LogP contribution < -0.4 is 0 Å². The molecule has 4 rings (SSSR count). The van der Waals surface area contributed by atoms with E-state index in [0.717, 1.165) is 23.9 Å². The number of aryl methyl sites for hydroxylation is 1. The number of nitro groups is 1. The first-order chi connectivity index (χ1) is 12.5. The van der Waals surface area contributed by atoms with Gasteiger partial charge in [0.25, 0.3) is 5.69 Å². The fourth-order valence-electron chi connectivity index (χ4n) is 3.08. The van der Waals surface area contributed by atoms with Crippen LogP contribution in [0.4, 0.5) is 5.69 Å². The Balaban J connectivity index is 1.80. The molecule has 134 valence electrons. The molecule has 1 saturated carbocycles. The summed E-state index contributed by atoms with van der Waals surface area (Å²) in [7, 11) is 0. The van der Waals surface area contributed by atoms with Gasteiger partial charge in [-0.3, -0.25) is 10.1 Å². The lowest BCUT2D eigenvalue weighted by molar-refractivity contribution is -0.383. The van der Waals surface area contributed by atoms with E-state index in [-0.39, 0.29) is 16.6 Å². The van der Waals surface area contributed by atoms with Crippen molar-refractivity contribution in [2.24, 2.45) is 0 Å². The highest BCUT2D eigenvalue weighted by Crippen LogP contribution is 2.42. The standard InChI is InChI=1S/C18H17N3O4S/c1-3-25-18(22)16-10(2)19-17(26-16)11-4-7-14-13(8-11)15(21(23)24)9-20(14)12-5-6-12/h4,7-9,12H,3,5-6H2,1-2H3. The lowest BCUT2D eigenvalue weighted by atomic mass is 10.1. The van der Waals surface area contributed by atoms with Crippen LogP contribution in [0.2, 0.25) is 0 Å². The van der Waals surface area contributed by atoms with Crippen molar-refractivity contribution in [3.05, 3.63) is 45.1 Å². The number of ether oxygens (including phenoxy) is 1. The number of hydrogen-bond acceptors (Lipinski definition) is 6. The van der Waals surface area contributed by atoms with Gasteiger partial charge in [-0.05, 0) is 44.9 Å². The molecule has 26 heavy (non-hydrogen) atoms. The number of thiazole rings is 1. The maximum atomic E-state index is 12.0. The number of carbonyl (C=O) groups is 1. The molecule has 8 heteroatoms. The fraction of sp³-hybridized carbons (Fsp3) is 0.333. The largest absolute Gasteiger partial charge is 0.462 e. The third-order valence-electron chi connectivity index (χ3n) is 4.45. The summed E-state index contributed by atoms with van der Waals surface area (Å²) in [6.07, 6.45) is 3.73. The van der Waals surface area contributed by atoms with E-state index in [1.165, 1.54) is 11.3 Å². The molecule has 0 bridgehead atoms. The number of aromatic nitrogens is 2. The van der Waals surface area contributed by atoms with Crippen molar-refractivity contribution >= 4 is 33.9 Å². The summed E-state index contributed by atoms with van der Waals surface area (Å²) in [4.78, 5) is 28.0. The summed E-state index contributed by atoms with van der Waals surface area (Å²) < 4.78 is 7.05. The molecular weight excluding hydrogens is 354 g/mol. The average molecular weight is 371 g/mol. The van der Waals surface area contributed by atoms with Crippen molar-refractivity contribution in [1.82, 2.24) is 9.55 Å². The van der Waals surface area contributed by atoms with E-state index in [2.05, 4.69) is 4.98 Å². The van der Waals surface area contributed by atoms with Gasteiger partial charge in [-0.15, -0.1) is 11.3 Å². The highest BCUT2D eigenvalue weighted by molar-refractivity contribution is 7.17. The third-order valence-corrected chi connectivity index (χ3v) is 5.64. The third kappa shape index (κ3) is 2.76. The number of hydrogen-bond donors (Lipinski definition) is 0. The Morgan fingerprint density at radius 1 is 1.46 bits per heavy atom. The molecule has 3 aromatic rings. The van der Waals surface area contributed by atoms with Crippen LogP contribution >= 0.6 is 11.3 Å². The second kappa shape index (κ2) is 6.21. The van der Waals surface area contributed by atoms with Crippen LogP contribution in [0.15, 0.2) is 24.4 Å². The molecule has 0 aliphatic heterocycles. The minimum atomic E-state index is -0.388. The Hall–Kier alpha value is -2.74. The van der Waals surface area contributed by atoms with Gasteiger partial charge in [-0.2, -0.15) is 0 Å². The normalized spacial score (nSPS) is 13.9. The molecule has 2 aromatic heterocycles. The molecule has 0 N–H and O–H groups in total. The van der Waals surface area contributed by atoms with E-state index in [9.17, 15) is 14.9 Å². The Morgan fingerprint density at radius 2 is 2.23 bits per heavy atom. The Bertz CT molecular complexity index is 1030. The lowest BCUT2D eigenvalue weighted by Crippen LogP contribution is -2.03. The van der Waals surface area contributed by atoms with Crippen LogP contribution in [0.1, 0.15) is 41.2 Å². The van der Waals surface area contributed by atoms with Gasteiger partial charge in [0.05, 0.1) is 34.3 Å². The molecule has 2 heterocycles. The quantitative estimate of drug-likeness (QED) is 0.374. The molecule has 0 saturated heterocycles. The maximum Gasteiger partial charge on any atom is 0.350 e. The Kier molecular flexibility index (Phi) is 3.99. The molecule has 0 radical (unpaired) electrons. The predicted molar refractivity (Wildman–Crippen MR) is 98.7 cm³/mol. The molecule has 0 spiro atoms. The van der Waals surface area contributed by atoms with E-state index in [4.69, 9.17) is 4.74 Å². The van der Waals surface area contributed by atoms with Gasteiger partial charge in [0, 0.05) is 11.6 Å². The van der Waals surface area contributed by atoms with Crippen LogP contribution in [0.3, 0.4) is 0 Å². The van der Waals surface area contributed by atoms with Gasteiger partial charge in [0.15, 0.2) is 0 Å². The molecule has 1 aromatic carbocycles. The number of esters is 1. The second-order valence-corrected chi connectivity index (χ2v) is 7.29. The monoisotopic (exact) mass is 371 g/mol. The minimum Gasteiger partial charge on any atom is -0.462 e. The number of nitrogens with zero attached hydrogens (tertiary/aromatic N) is 3. The number of fused-ring (bicyclic) bond motifs is 1. The summed E-state index contributed by atoms with van der Waals surface area (Å²) >= 11 is 1.25. The summed E-state index contributed by atoms with van der Waals surface area (Å²) in [5, 5.41) is 12.7. The summed E-state index contributed by atoms with van der Waals surface area (Å²) in [6, 6.07) is 5.95. The van der Waals surface area contributed by atoms with E-state index in [1.54, 1.807) is 26.1 Å². The van der Waals surface area contributed by atoms with E-state index in [0.29, 0.717) is 33.6 Å². The first kappa shape index (κ1) is 16.7. The van der Waals surface area contributed by atoms with Gasteiger partial charge in [-0.25, -0.2) is 9.78 Å². The van der Waals surface area contributed by atoms with E-state index in [1.807, 2.05) is 16.7 Å². The number of carbonyl (C=O) groups excluding carboxylic acids is 1. The molecule has 0 unspecified atom stereocenters. The average Bonchev–Trinajstić information content (AvgIpc) is 3.26. The zero-order valence-electron chi connectivity index (χ0n) is 14.4. The molecule has 7 nitrogen and oxygen atoms in total. The first-order valence-electron chi connectivity index (χ1n) is 8.43. The van der Waals surface area contributed by atoms with Crippen molar-refractivity contribution < 1.29 is 14.5 Å². The SMILES string of the molecule is CCOC(=O)c1sc(-c2ccc3c(c2)c([N+](=O)[O-])cn3C2CC2)nc1C. The smallest absolute Gasteiger partial charge is 0.350 e. The van der Waals surface area contributed by atoms with Gasteiger partial charge < -0.3 is 9.30 Å². The van der Waals surface area contributed by atoms with Gasteiger partial charge >= 0.3 is 5.97 Å². The van der Waals surface area contributed by atoms with Crippen molar-refractivity contribution in [2.45, 2.75) is 32.7 Å². The highest BCUT2D eigenvalue weighted by Gasteiger charge is 2.29. The molecular formula is C18H17N3O4S. The van der Waals surface area contributed by atoms with Gasteiger partial charge in [-0.1, -0.05) is 0 Å². The zero-order valence-corrected chi connectivity index (χ0v) is 15.2. The first-order valence-corrected chi connectivity index (χ1v) is 9.25. The van der Waals surface area contributed by atoms with Gasteiger partial charge in [0.2, 0.25) is 0 Å². The van der Waals surface area contributed by atoms with E-state index >= 15 is 0 Å². The van der Waals surface area contributed by atoms with Crippen LogP contribution in [0.5, 0.6) is 0 Å². The van der Waals surface area contributed by atoms with Crippen molar-refractivity contribution in [2.75, 3.05) is 6.61 Å². The van der Waals surface area contributed by atoms with E-state index < -0.39 is 0 Å². The Morgan fingerprint density at radius 3 is 2.88 bits per heavy atom.